The van der Waals surface area contributed by atoms with Crippen molar-refractivity contribution in [3.05, 3.63) is 86.6 Å². The zero-order valence-electron chi connectivity index (χ0n) is 16.9. The Morgan fingerprint density at radius 2 is 1.52 bits per heavy atom. The Labute approximate surface area is 170 Å². The fourth-order valence-electron chi connectivity index (χ4n) is 4.14. The van der Waals surface area contributed by atoms with Crippen molar-refractivity contribution in [3.63, 3.8) is 0 Å². The molecule has 5 heteroatoms. The first-order valence-corrected chi connectivity index (χ1v) is 10.4. The molecule has 0 saturated carbocycles. The van der Waals surface area contributed by atoms with Crippen molar-refractivity contribution in [2.45, 2.75) is 32.1 Å². The van der Waals surface area contributed by atoms with Gasteiger partial charge < -0.3 is 4.90 Å². The van der Waals surface area contributed by atoms with Crippen LogP contribution in [0.5, 0.6) is 0 Å². The average molecular weight is 389 g/mol. The van der Waals surface area contributed by atoms with Gasteiger partial charge in [-0.25, -0.2) is 4.79 Å². The van der Waals surface area contributed by atoms with Crippen LogP contribution in [0.4, 0.5) is 5.82 Å². The maximum absolute atomic E-state index is 13.1. The summed E-state index contributed by atoms with van der Waals surface area (Å²) in [7, 11) is 1.54. The quantitative estimate of drug-likeness (QED) is 0.740. The van der Waals surface area contributed by atoms with Gasteiger partial charge in [0.05, 0.1) is 5.56 Å². The molecule has 1 fully saturated rings. The third-order valence-corrected chi connectivity index (χ3v) is 5.77. The third kappa shape index (κ3) is 4.04. The lowest BCUT2D eigenvalue weighted by atomic mass is 9.95. The summed E-state index contributed by atoms with van der Waals surface area (Å²) in [5.74, 6) is 0.697. The maximum atomic E-state index is 13.1. The van der Waals surface area contributed by atoms with Gasteiger partial charge in [-0.3, -0.25) is 14.3 Å². The zero-order chi connectivity index (χ0) is 20.2. The number of anilines is 1. The van der Waals surface area contributed by atoms with Gasteiger partial charge in [0.25, 0.3) is 5.56 Å². The van der Waals surface area contributed by atoms with E-state index < -0.39 is 0 Å². The van der Waals surface area contributed by atoms with E-state index in [0.717, 1.165) is 42.6 Å². The van der Waals surface area contributed by atoms with Crippen LogP contribution in [0.1, 0.15) is 36.8 Å². The van der Waals surface area contributed by atoms with Gasteiger partial charge in [0.2, 0.25) is 0 Å². The van der Waals surface area contributed by atoms with Crippen LogP contribution >= 0.6 is 0 Å². The minimum Gasteiger partial charge on any atom is -0.358 e. The van der Waals surface area contributed by atoms with Crippen molar-refractivity contribution in [2.24, 2.45) is 7.05 Å². The number of aromatic nitrogens is 2. The van der Waals surface area contributed by atoms with E-state index in [1.807, 2.05) is 30.3 Å². The van der Waals surface area contributed by atoms with Crippen molar-refractivity contribution in [1.29, 1.82) is 0 Å². The van der Waals surface area contributed by atoms with Crippen molar-refractivity contribution in [1.82, 2.24) is 9.55 Å². The molecule has 1 saturated heterocycles. The summed E-state index contributed by atoms with van der Waals surface area (Å²) in [6, 6.07) is 18.4. The average Bonchev–Trinajstić information content (AvgIpc) is 3.04. The van der Waals surface area contributed by atoms with E-state index in [4.69, 9.17) is 0 Å². The molecule has 4 rings (SSSR count). The molecule has 1 aromatic heterocycles. The first-order valence-electron chi connectivity index (χ1n) is 10.4. The SMILES string of the molecule is Cn1c(=O)[nH]c(N2CCCCCC2)c(Cc2ccccc2-c2ccccc2)c1=O. The predicted molar refractivity (Wildman–Crippen MR) is 118 cm³/mol. The second kappa shape index (κ2) is 8.52. The fraction of sp³-hybridized carbons (Fsp3) is 0.333. The van der Waals surface area contributed by atoms with Gasteiger partial charge in [0.15, 0.2) is 0 Å². The number of H-pyrrole nitrogens is 1. The molecule has 0 unspecified atom stereocenters. The van der Waals surface area contributed by atoms with Gasteiger partial charge in [-0.1, -0.05) is 67.4 Å². The molecule has 5 nitrogen and oxygen atoms in total. The highest BCUT2D eigenvalue weighted by Crippen LogP contribution is 2.27. The number of benzene rings is 2. The van der Waals surface area contributed by atoms with E-state index in [9.17, 15) is 9.59 Å². The highest BCUT2D eigenvalue weighted by molar-refractivity contribution is 5.68. The summed E-state index contributed by atoms with van der Waals surface area (Å²) in [5.41, 5.74) is 3.42. The number of hydrogen-bond acceptors (Lipinski definition) is 3. The standard InChI is InChI=1S/C24H27N3O2/c1-26-23(28)21(22(25-24(26)29)27-15-9-2-3-10-16-27)17-19-13-7-8-14-20(19)18-11-5-4-6-12-18/h4-8,11-14H,2-3,9-10,15-17H2,1H3,(H,25,29). The second-order valence-corrected chi connectivity index (χ2v) is 7.72. The van der Waals surface area contributed by atoms with Crippen molar-refractivity contribution in [3.8, 4) is 11.1 Å². The smallest absolute Gasteiger partial charge is 0.329 e. The maximum Gasteiger partial charge on any atom is 0.329 e. The summed E-state index contributed by atoms with van der Waals surface area (Å²) in [6.07, 6.45) is 5.03. The number of rotatable bonds is 4. The second-order valence-electron chi connectivity index (χ2n) is 7.72. The first kappa shape index (κ1) is 19.2. The van der Waals surface area contributed by atoms with E-state index in [1.54, 1.807) is 7.05 Å². The molecule has 0 atom stereocenters. The molecule has 0 amide bonds. The number of nitrogens with zero attached hydrogens (tertiary/aromatic N) is 2. The predicted octanol–water partition coefficient (Wildman–Crippen LogP) is 3.71. The highest BCUT2D eigenvalue weighted by Gasteiger charge is 2.20. The Kier molecular flexibility index (Phi) is 5.65. The number of nitrogens with one attached hydrogen (secondary N) is 1. The molecule has 0 aliphatic carbocycles. The Bertz CT molecular complexity index is 1090. The monoisotopic (exact) mass is 389 g/mol. The van der Waals surface area contributed by atoms with Crippen LogP contribution in [0.25, 0.3) is 11.1 Å². The first-order chi connectivity index (χ1) is 14.1. The third-order valence-electron chi connectivity index (χ3n) is 5.77. The summed E-state index contributed by atoms with van der Waals surface area (Å²) >= 11 is 0. The Morgan fingerprint density at radius 1 is 0.862 bits per heavy atom. The molecule has 1 N–H and O–H groups in total. The van der Waals surface area contributed by atoms with E-state index in [2.05, 4.69) is 34.1 Å². The summed E-state index contributed by atoms with van der Waals surface area (Å²) in [6.45, 7) is 1.74. The van der Waals surface area contributed by atoms with Crippen molar-refractivity contribution < 1.29 is 0 Å². The van der Waals surface area contributed by atoms with Crippen molar-refractivity contribution in [2.75, 3.05) is 18.0 Å². The number of hydrogen-bond donors (Lipinski definition) is 1. The molecule has 0 spiro atoms. The lowest BCUT2D eigenvalue weighted by Gasteiger charge is -2.25. The number of aromatic amines is 1. The van der Waals surface area contributed by atoms with Gasteiger partial charge in [-0.2, -0.15) is 0 Å². The largest absolute Gasteiger partial charge is 0.358 e. The van der Waals surface area contributed by atoms with Crippen LogP contribution in [0, 0.1) is 0 Å². The topological polar surface area (TPSA) is 58.1 Å². The molecule has 0 bridgehead atoms. The minimum atomic E-state index is -0.352. The highest BCUT2D eigenvalue weighted by atomic mass is 16.2. The molecular weight excluding hydrogens is 362 g/mol. The summed E-state index contributed by atoms with van der Waals surface area (Å²) < 4.78 is 1.18. The molecule has 1 aliphatic rings. The molecule has 2 heterocycles. The minimum absolute atomic E-state index is 0.212. The lowest BCUT2D eigenvalue weighted by Crippen LogP contribution is -2.39. The van der Waals surface area contributed by atoms with Crippen LogP contribution < -0.4 is 16.1 Å². The van der Waals surface area contributed by atoms with Gasteiger partial charge in [0, 0.05) is 26.6 Å². The lowest BCUT2D eigenvalue weighted by molar-refractivity contribution is 0.718. The van der Waals surface area contributed by atoms with Crippen LogP contribution in [0.3, 0.4) is 0 Å². The van der Waals surface area contributed by atoms with Crippen LogP contribution in [0.2, 0.25) is 0 Å². The molecule has 29 heavy (non-hydrogen) atoms. The Morgan fingerprint density at radius 3 is 2.24 bits per heavy atom. The zero-order valence-corrected chi connectivity index (χ0v) is 16.9. The molecule has 150 valence electrons. The molecule has 0 radical (unpaired) electrons. The van der Waals surface area contributed by atoms with E-state index in [0.29, 0.717) is 17.8 Å². The van der Waals surface area contributed by atoms with Crippen LogP contribution in [-0.4, -0.2) is 22.6 Å². The van der Waals surface area contributed by atoms with Gasteiger partial charge in [-0.15, -0.1) is 0 Å². The van der Waals surface area contributed by atoms with Gasteiger partial charge in [-0.05, 0) is 29.5 Å². The summed E-state index contributed by atoms with van der Waals surface area (Å²) in [5, 5.41) is 0. The van der Waals surface area contributed by atoms with Crippen LogP contribution in [-0.2, 0) is 13.5 Å². The Balaban J connectivity index is 1.81. The van der Waals surface area contributed by atoms with E-state index in [1.165, 1.54) is 17.4 Å². The van der Waals surface area contributed by atoms with E-state index >= 15 is 0 Å². The molecule has 2 aromatic carbocycles. The molecule has 3 aromatic rings. The van der Waals surface area contributed by atoms with Crippen LogP contribution in [0.15, 0.2) is 64.2 Å². The Hall–Kier alpha value is -3.08. The van der Waals surface area contributed by atoms with Gasteiger partial charge in [0.1, 0.15) is 5.82 Å². The van der Waals surface area contributed by atoms with E-state index in [-0.39, 0.29) is 11.2 Å². The summed E-state index contributed by atoms with van der Waals surface area (Å²) in [4.78, 5) is 30.7. The van der Waals surface area contributed by atoms with Gasteiger partial charge >= 0.3 is 5.69 Å². The normalized spacial score (nSPS) is 14.6. The van der Waals surface area contributed by atoms with Crippen molar-refractivity contribution >= 4 is 5.82 Å². The fourth-order valence-corrected chi connectivity index (χ4v) is 4.14. The molecular formula is C24H27N3O2. The molecule has 1 aliphatic heterocycles.